The van der Waals surface area contributed by atoms with Crippen LogP contribution in [0.2, 0.25) is 0 Å². The number of allylic oxidation sites excluding steroid dienone is 3. The van der Waals surface area contributed by atoms with Gasteiger partial charge in [-0.05, 0) is 12.0 Å². The van der Waals surface area contributed by atoms with Crippen LogP contribution in [0.5, 0.6) is 0 Å². The van der Waals surface area contributed by atoms with Gasteiger partial charge in [0.05, 0.1) is 11.0 Å². The Balaban J connectivity index is 1.75. The van der Waals surface area contributed by atoms with Crippen molar-refractivity contribution < 1.29 is 18.1 Å². The van der Waals surface area contributed by atoms with Gasteiger partial charge < -0.3 is 10.6 Å². The first kappa shape index (κ1) is 22.9. The maximum atomic E-state index is 13.2. The van der Waals surface area contributed by atoms with Crippen molar-refractivity contribution in [3.63, 3.8) is 0 Å². The summed E-state index contributed by atoms with van der Waals surface area (Å²) in [6.07, 6.45) is 2.45. The molecule has 0 saturated carbocycles. The normalized spacial score (nSPS) is 26.9. The van der Waals surface area contributed by atoms with E-state index in [0.29, 0.717) is 26.2 Å². The minimum absolute atomic E-state index is 0.00616. The highest BCUT2D eigenvalue weighted by Crippen LogP contribution is 2.25. The van der Waals surface area contributed by atoms with Gasteiger partial charge in [0.25, 0.3) is 5.70 Å². The van der Waals surface area contributed by atoms with Crippen LogP contribution < -0.4 is 10.6 Å². The Morgan fingerprint density at radius 3 is 2.73 bits per heavy atom. The average molecular weight is 458 g/mol. The van der Waals surface area contributed by atoms with Crippen LogP contribution in [-0.4, -0.2) is 84.7 Å². The second kappa shape index (κ2) is 9.18. The number of rotatable bonds is 6. The Hall–Kier alpha value is -1.73. The molecule has 0 aromatic rings. The summed E-state index contributed by atoms with van der Waals surface area (Å²) >= 11 is 5.19. The molecule has 3 aliphatic rings. The number of nitrogens with one attached hydrogen (secondary N) is 2. The van der Waals surface area contributed by atoms with E-state index in [-0.39, 0.29) is 58.9 Å². The van der Waals surface area contributed by atoms with Gasteiger partial charge in [0.15, 0.2) is 0 Å². The van der Waals surface area contributed by atoms with Crippen LogP contribution in [0.1, 0.15) is 20.3 Å². The number of hydrogen-bond donors (Lipinski definition) is 2. The second-order valence-corrected chi connectivity index (χ2v) is 10.4. The fraction of sp³-hybridized carbons (Fsp3) is 0.667. The summed E-state index contributed by atoms with van der Waals surface area (Å²) in [6, 6.07) is -0.419. The van der Waals surface area contributed by atoms with Crippen LogP contribution in [0.4, 0.5) is 0 Å². The van der Waals surface area contributed by atoms with E-state index in [1.807, 2.05) is 13.8 Å². The predicted molar refractivity (Wildman–Crippen MR) is 116 cm³/mol. The van der Waals surface area contributed by atoms with E-state index in [4.69, 9.17) is 12.2 Å². The molecule has 1 aliphatic carbocycles. The summed E-state index contributed by atoms with van der Waals surface area (Å²) in [5, 5.41) is 17.3. The smallest absolute Gasteiger partial charge is 0.267 e. The van der Waals surface area contributed by atoms with Crippen LogP contribution in [0, 0.1) is 16.0 Å². The van der Waals surface area contributed by atoms with Crippen LogP contribution in [0.3, 0.4) is 0 Å². The standard InChI is InChI=1S/C18H27N5O5S2/c1-12(2)17-18(24)20-5-7-21(17)10-13-11-22(8-6-19-13)30(27,28)16-9-14(23(25)26)3-4-15(16)29/h3,9,12-13,17,19H,4-8,10-11H2,1-2H3,(H,20,24)/t13-,17?/m0/s1. The molecular weight excluding hydrogens is 430 g/mol. The third-order valence-corrected chi connectivity index (χ3v) is 7.99. The monoisotopic (exact) mass is 457 g/mol. The lowest BCUT2D eigenvalue weighted by Gasteiger charge is -2.41. The molecule has 0 radical (unpaired) electrons. The van der Waals surface area contributed by atoms with E-state index in [9.17, 15) is 23.3 Å². The van der Waals surface area contributed by atoms with Crippen molar-refractivity contribution in [2.45, 2.75) is 32.4 Å². The molecular formula is C18H27N5O5S2. The molecule has 2 N–H and O–H groups in total. The molecule has 3 rings (SSSR count). The second-order valence-electron chi connectivity index (χ2n) is 8.01. The van der Waals surface area contributed by atoms with E-state index in [2.05, 4.69) is 15.5 Å². The van der Waals surface area contributed by atoms with Crippen molar-refractivity contribution >= 4 is 33.0 Å². The highest BCUT2D eigenvalue weighted by atomic mass is 32.2. The number of nitrogens with zero attached hydrogens (tertiary/aromatic N) is 3. The Bertz CT molecular complexity index is 899. The lowest BCUT2D eigenvalue weighted by atomic mass is 9.99. The molecule has 2 fully saturated rings. The fourth-order valence-electron chi connectivity index (χ4n) is 4.14. The topological polar surface area (TPSA) is 125 Å². The number of sulfonamides is 1. The fourth-order valence-corrected chi connectivity index (χ4v) is 6.22. The molecule has 12 heteroatoms. The molecule has 0 aromatic heterocycles. The summed E-state index contributed by atoms with van der Waals surface area (Å²) in [5.74, 6) is 0.124. The first-order valence-corrected chi connectivity index (χ1v) is 11.8. The Kier molecular flexibility index (Phi) is 7.02. The van der Waals surface area contributed by atoms with E-state index in [1.54, 1.807) is 0 Å². The summed E-state index contributed by atoms with van der Waals surface area (Å²) in [6.45, 7) is 6.70. The number of amides is 1. The molecule has 1 unspecified atom stereocenters. The van der Waals surface area contributed by atoms with Gasteiger partial charge in [-0.3, -0.25) is 19.8 Å². The van der Waals surface area contributed by atoms with Gasteiger partial charge in [-0.2, -0.15) is 4.31 Å². The van der Waals surface area contributed by atoms with Crippen molar-refractivity contribution in [3.8, 4) is 0 Å². The number of piperazine rings is 2. The maximum Gasteiger partial charge on any atom is 0.267 e. The Labute approximate surface area is 181 Å². The number of thiocarbonyl (C=S) groups is 1. The minimum Gasteiger partial charge on any atom is -0.353 e. The Morgan fingerprint density at radius 2 is 2.07 bits per heavy atom. The van der Waals surface area contributed by atoms with Crippen LogP contribution in [-0.2, 0) is 14.8 Å². The molecule has 2 heterocycles. The van der Waals surface area contributed by atoms with Crippen LogP contribution >= 0.6 is 12.2 Å². The summed E-state index contributed by atoms with van der Waals surface area (Å²) in [5.41, 5.74) is -0.257. The van der Waals surface area contributed by atoms with Gasteiger partial charge in [0, 0.05) is 62.7 Å². The van der Waals surface area contributed by atoms with Crippen LogP contribution in [0.25, 0.3) is 0 Å². The number of nitro groups is 1. The van der Waals surface area contributed by atoms with Gasteiger partial charge >= 0.3 is 0 Å². The molecule has 2 atom stereocenters. The van der Waals surface area contributed by atoms with Crippen molar-refractivity contribution in [1.82, 2.24) is 19.8 Å². The SMILES string of the molecule is CC(C)C1C(=O)NCCN1C[C@H]1CN(S(=O)(=O)C2=CC([N+](=O)[O-])=CCC2=S)CCN1. The van der Waals surface area contributed by atoms with Gasteiger partial charge in [-0.25, -0.2) is 8.42 Å². The average Bonchev–Trinajstić information content (AvgIpc) is 2.68. The molecule has 166 valence electrons. The molecule has 0 spiro atoms. The largest absolute Gasteiger partial charge is 0.353 e. The van der Waals surface area contributed by atoms with Crippen LogP contribution in [0.15, 0.2) is 22.8 Å². The first-order valence-electron chi connectivity index (χ1n) is 9.96. The van der Waals surface area contributed by atoms with Crippen molar-refractivity contribution in [1.29, 1.82) is 0 Å². The van der Waals surface area contributed by atoms with E-state index < -0.39 is 14.9 Å². The number of carbonyl (C=O) groups excluding carboxylic acids is 1. The summed E-state index contributed by atoms with van der Waals surface area (Å²) in [7, 11) is -3.94. The molecule has 2 aliphatic heterocycles. The van der Waals surface area contributed by atoms with Gasteiger partial charge in [0.2, 0.25) is 15.9 Å². The van der Waals surface area contributed by atoms with Crippen molar-refractivity contribution in [2.24, 2.45) is 5.92 Å². The van der Waals surface area contributed by atoms with Gasteiger partial charge in [-0.15, -0.1) is 0 Å². The quantitative estimate of drug-likeness (QED) is 0.321. The zero-order valence-electron chi connectivity index (χ0n) is 17.0. The molecule has 2 saturated heterocycles. The highest BCUT2D eigenvalue weighted by molar-refractivity contribution is 7.96. The van der Waals surface area contributed by atoms with E-state index in [0.717, 1.165) is 6.08 Å². The molecule has 10 nitrogen and oxygen atoms in total. The first-order chi connectivity index (χ1) is 14.1. The molecule has 0 aromatic carbocycles. The predicted octanol–water partition coefficient (Wildman–Crippen LogP) is -0.135. The number of carbonyl (C=O) groups is 1. The van der Waals surface area contributed by atoms with E-state index in [1.165, 1.54) is 10.4 Å². The lowest BCUT2D eigenvalue weighted by Crippen LogP contribution is -2.63. The van der Waals surface area contributed by atoms with Gasteiger partial charge in [0.1, 0.15) is 4.91 Å². The highest BCUT2D eigenvalue weighted by Gasteiger charge is 2.38. The molecule has 30 heavy (non-hydrogen) atoms. The van der Waals surface area contributed by atoms with Crippen molar-refractivity contribution in [2.75, 3.05) is 39.3 Å². The number of hydrogen-bond acceptors (Lipinski definition) is 8. The third kappa shape index (κ3) is 4.78. The maximum absolute atomic E-state index is 13.2. The zero-order chi connectivity index (χ0) is 22.1. The van der Waals surface area contributed by atoms with Gasteiger partial charge in [-0.1, -0.05) is 26.1 Å². The Morgan fingerprint density at radius 1 is 1.33 bits per heavy atom. The lowest BCUT2D eigenvalue weighted by molar-refractivity contribution is -0.419. The molecule has 0 bridgehead atoms. The zero-order valence-corrected chi connectivity index (χ0v) is 18.7. The summed E-state index contributed by atoms with van der Waals surface area (Å²) in [4.78, 5) is 24.9. The minimum atomic E-state index is -3.94. The summed E-state index contributed by atoms with van der Waals surface area (Å²) < 4.78 is 27.7. The molecule has 1 amide bonds. The van der Waals surface area contributed by atoms with E-state index >= 15 is 0 Å². The van der Waals surface area contributed by atoms with Crippen molar-refractivity contribution in [3.05, 3.63) is 32.9 Å². The third-order valence-electron chi connectivity index (χ3n) is 5.54.